The minimum atomic E-state index is -0.776. The summed E-state index contributed by atoms with van der Waals surface area (Å²) in [5.41, 5.74) is 0.604. The van der Waals surface area contributed by atoms with Crippen LogP contribution in [0.15, 0.2) is 47.4 Å². The summed E-state index contributed by atoms with van der Waals surface area (Å²) in [5, 5.41) is 0.457. The second-order valence-corrected chi connectivity index (χ2v) is 4.65. The molecule has 0 aliphatic carbocycles. The first-order chi connectivity index (χ1) is 10.6. The predicted octanol–water partition coefficient (Wildman–Crippen LogP) is 0.672. The quantitative estimate of drug-likeness (QED) is 0.840. The van der Waals surface area contributed by atoms with E-state index in [0.717, 1.165) is 0 Å². The zero-order valence-corrected chi connectivity index (χ0v) is 11.2. The van der Waals surface area contributed by atoms with Gasteiger partial charge in [0.15, 0.2) is 0 Å². The number of hydrogen-bond acceptors (Lipinski definition) is 5. The third-order valence-corrected chi connectivity index (χ3v) is 3.15. The number of aromatic amines is 1. The molecule has 1 aromatic carbocycles. The van der Waals surface area contributed by atoms with E-state index in [1.807, 2.05) is 0 Å². The molecule has 0 fully saturated rings. The molecule has 0 atom stereocenters. The average molecular weight is 298 g/mol. The van der Waals surface area contributed by atoms with Gasteiger partial charge in [0.2, 0.25) is 5.56 Å². The van der Waals surface area contributed by atoms with Crippen LogP contribution in [-0.4, -0.2) is 27.8 Å². The Balaban J connectivity index is 1.73. The lowest BCUT2D eigenvalue weighted by Crippen LogP contribution is -2.33. The van der Waals surface area contributed by atoms with Crippen molar-refractivity contribution in [3.8, 4) is 0 Å². The lowest BCUT2D eigenvalue weighted by molar-refractivity contribution is -0.167. The van der Waals surface area contributed by atoms with Crippen LogP contribution in [0.5, 0.6) is 0 Å². The standard InChI is InChI=1S/C15H10N2O5/c18-12-6-5-9(8-16-12)7-13(19)22-17-14(20)10-3-1-2-4-11(10)15(17)21/h1-6,8H,7H2,(H,16,18). The number of carbonyl (C=O) groups is 3. The van der Waals surface area contributed by atoms with E-state index >= 15 is 0 Å². The summed E-state index contributed by atoms with van der Waals surface area (Å²) in [6, 6.07) is 8.95. The van der Waals surface area contributed by atoms with Gasteiger partial charge >= 0.3 is 5.97 Å². The summed E-state index contributed by atoms with van der Waals surface area (Å²) in [4.78, 5) is 54.1. The van der Waals surface area contributed by atoms with Crippen LogP contribution in [0.3, 0.4) is 0 Å². The minimum Gasteiger partial charge on any atom is -0.329 e. The molecule has 7 nitrogen and oxygen atoms in total. The van der Waals surface area contributed by atoms with E-state index in [4.69, 9.17) is 4.84 Å². The van der Waals surface area contributed by atoms with Crippen LogP contribution in [0.25, 0.3) is 0 Å². The number of pyridine rings is 1. The molecule has 1 aliphatic heterocycles. The van der Waals surface area contributed by atoms with E-state index in [1.165, 1.54) is 30.5 Å². The topological polar surface area (TPSA) is 96.5 Å². The fourth-order valence-electron chi connectivity index (χ4n) is 2.10. The van der Waals surface area contributed by atoms with Gasteiger partial charge in [-0.1, -0.05) is 23.3 Å². The van der Waals surface area contributed by atoms with Crippen molar-refractivity contribution in [2.45, 2.75) is 6.42 Å². The van der Waals surface area contributed by atoms with Crippen molar-refractivity contribution in [3.05, 3.63) is 69.6 Å². The lowest BCUT2D eigenvalue weighted by Gasteiger charge is -2.12. The molecule has 1 aromatic heterocycles. The van der Waals surface area contributed by atoms with Gasteiger partial charge in [0.05, 0.1) is 17.5 Å². The summed E-state index contributed by atoms with van der Waals surface area (Å²) in [6.45, 7) is 0. The third-order valence-electron chi connectivity index (χ3n) is 3.15. The van der Waals surface area contributed by atoms with E-state index in [0.29, 0.717) is 10.6 Å². The Kier molecular flexibility index (Phi) is 3.30. The molecule has 1 N–H and O–H groups in total. The van der Waals surface area contributed by atoms with Crippen molar-refractivity contribution in [3.63, 3.8) is 0 Å². The van der Waals surface area contributed by atoms with Crippen molar-refractivity contribution >= 4 is 17.8 Å². The molecule has 0 unspecified atom stereocenters. The van der Waals surface area contributed by atoms with Gasteiger partial charge in [-0.2, -0.15) is 0 Å². The number of hydroxylamine groups is 2. The number of benzene rings is 1. The monoisotopic (exact) mass is 298 g/mol. The predicted molar refractivity (Wildman–Crippen MR) is 73.8 cm³/mol. The maximum absolute atomic E-state index is 12.0. The van der Waals surface area contributed by atoms with Gasteiger partial charge in [0.25, 0.3) is 11.8 Å². The van der Waals surface area contributed by atoms with E-state index in [1.54, 1.807) is 12.1 Å². The Morgan fingerprint density at radius 1 is 1.00 bits per heavy atom. The first-order valence-electron chi connectivity index (χ1n) is 6.42. The maximum Gasteiger partial charge on any atom is 0.337 e. The first kappa shape index (κ1) is 13.7. The highest BCUT2D eigenvalue weighted by Crippen LogP contribution is 2.22. The van der Waals surface area contributed by atoms with Gasteiger partial charge in [-0.25, -0.2) is 4.79 Å². The molecule has 0 saturated carbocycles. The Bertz CT molecular complexity index is 784. The number of nitrogens with one attached hydrogen (secondary N) is 1. The van der Waals surface area contributed by atoms with Crippen LogP contribution in [0.2, 0.25) is 0 Å². The molecule has 2 heterocycles. The number of nitrogens with zero attached hydrogens (tertiary/aromatic N) is 1. The molecule has 0 spiro atoms. The van der Waals surface area contributed by atoms with Crippen molar-refractivity contribution in [2.75, 3.05) is 0 Å². The Hall–Kier alpha value is -3.22. The maximum atomic E-state index is 12.0. The fraction of sp³-hybridized carbons (Fsp3) is 0.0667. The number of aromatic nitrogens is 1. The molecule has 1 aliphatic rings. The molecule has 0 bridgehead atoms. The van der Waals surface area contributed by atoms with Crippen molar-refractivity contribution in [1.82, 2.24) is 10.0 Å². The normalized spacial score (nSPS) is 13.2. The second-order valence-electron chi connectivity index (χ2n) is 4.65. The van der Waals surface area contributed by atoms with Crippen molar-refractivity contribution in [2.24, 2.45) is 0 Å². The zero-order valence-electron chi connectivity index (χ0n) is 11.2. The number of fused-ring (bicyclic) bond motifs is 1. The molecule has 22 heavy (non-hydrogen) atoms. The van der Waals surface area contributed by atoms with Crippen LogP contribution in [0.4, 0.5) is 0 Å². The SMILES string of the molecule is O=C(Cc1ccc(=O)[nH]c1)ON1C(=O)c2ccccc2C1=O. The molecule has 3 rings (SSSR count). The highest BCUT2D eigenvalue weighted by molar-refractivity contribution is 6.20. The van der Waals surface area contributed by atoms with Crippen molar-refractivity contribution < 1.29 is 19.2 Å². The highest BCUT2D eigenvalue weighted by Gasteiger charge is 2.38. The first-order valence-corrected chi connectivity index (χ1v) is 6.42. The lowest BCUT2D eigenvalue weighted by atomic mass is 10.1. The summed E-state index contributed by atoms with van der Waals surface area (Å²) < 4.78 is 0. The number of carbonyl (C=O) groups excluding carboxylic acids is 3. The van der Waals surface area contributed by atoms with Crippen LogP contribution in [-0.2, 0) is 16.1 Å². The van der Waals surface area contributed by atoms with Crippen LogP contribution < -0.4 is 5.56 Å². The van der Waals surface area contributed by atoms with E-state index in [9.17, 15) is 19.2 Å². The Labute approximate surface area is 124 Å². The largest absolute Gasteiger partial charge is 0.337 e. The van der Waals surface area contributed by atoms with Gasteiger partial charge in [0.1, 0.15) is 0 Å². The third kappa shape index (κ3) is 2.39. The van der Waals surface area contributed by atoms with Gasteiger partial charge in [-0.15, -0.1) is 0 Å². The van der Waals surface area contributed by atoms with E-state index < -0.39 is 17.8 Å². The van der Waals surface area contributed by atoms with Crippen LogP contribution in [0.1, 0.15) is 26.3 Å². The smallest absolute Gasteiger partial charge is 0.329 e. The Morgan fingerprint density at radius 3 is 2.18 bits per heavy atom. The number of rotatable bonds is 3. The average Bonchev–Trinajstić information content (AvgIpc) is 2.75. The Morgan fingerprint density at radius 2 is 1.64 bits per heavy atom. The number of amides is 2. The summed E-state index contributed by atoms with van der Waals surface area (Å²) >= 11 is 0. The number of H-pyrrole nitrogens is 1. The van der Waals surface area contributed by atoms with Gasteiger partial charge in [-0.05, 0) is 17.7 Å². The van der Waals surface area contributed by atoms with E-state index in [2.05, 4.69) is 4.98 Å². The molecule has 2 amide bonds. The fourth-order valence-corrected chi connectivity index (χ4v) is 2.10. The van der Waals surface area contributed by atoms with Gasteiger partial charge in [0, 0.05) is 12.3 Å². The van der Waals surface area contributed by atoms with Crippen molar-refractivity contribution in [1.29, 1.82) is 0 Å². The minimum absolute atomic E-state index is 0.176. The summed E-state index contributed by atoms with van der Waals surface area (Å²) in [6.07, 6.45) is 1.19. The molecule has 110 valence electrons. The van der Waals surface area contributed by atoms with Gasteiger partial charge < -0.3 is 9.82 Å². The molecule has 2 aromatic rings. The zero-order chi connectivity index (χ0) is 15.7. The van der Waals surface area contributed by atoms with Crippen LogP contribution >= 0.6 is 0 Å². The number of imide groups is 1. The van der Waals surface area contributed by atoms with Gasteiger partial charge in [-0.3, -0.25) is 14.4 Å². The van der Waals surface area contributed by atoms with Crippen LogP contribution in [0, 0.1) is 0 Å². The van der Waals surface area contributed by atoms with E-state index in [-0.39, 0.29) is 23.1 Å². The molecule has 0 radical (unpaired) electrons. The molecule has 7 heteroatoms. The highest BCUT2D eigenvalue weighted by atomic mass is 16.7. The molecule has 0 saturated heterocycles. The number of hydrogen-bond donors (Lipinski definition) is 1. The summed E-state index contributed by atoms with van der Waals surface area (Å²) in [5.74, 6) is -2.12. The second kappa shape index (κ2) is 5.28. The molecular weight excluding hydrogens is 288 g/mol. The molecular formula is C15H10N2O5. The summed E-state index contributed by atoms with van der Waals surface area (Å²) in [7, 11) is 0.